The van der Waals surface area contributed by atoms with Crippen molar-refractivity contribution in [3.8, 4) is 0 Å². The second-order valence-corrected chi connectivity index (χ2v) is 9.56. The average molecular weight is 521 g/mol. The zero-order valence-corrected chi connectivity index (χ0v) is 20.3. The van der Waals surface area contributed by atoms with Gasteiger partial charge in [-0.3, -0.25) is 24.5 Å². The van der Waals surface area contributed by atoms with E-state index in [-0.39, 0.29) is 28.3 Å². The molecule has 2 N–H and O–H groups in total. The SMILES string of the molecule is [B]C(NC(=O)C(F)(F)c1ccc(Cl)cc1)c1ccc2c(c1)CN([C@@]1([B])C(=O)NC(=O)C([B])([B])C1([B])[B])C2=O. The fraction of sp³-hybridized carbons (Fsp3) is 0.273. The fourth-order valence-corrected chi connectivity index (χ4v) is 4.39. The lowest BCUT2D eigenvalue weighted by Crippen LogP contribution is -2.75. The van der Waals surface area contributed by atoms with Crippen LogP contribution < -0.4 is 10.6 Å². The van der Waals surface area contributed by atoms with Gasteiger partial charge in [-0.1, -0.05) is 41.1 Å². The van der Waals surface area contributed by atoms with Crippen LogP contribution in [0.5, 0.6) is 0 Å². The summed E-state index contributed by atoms with van der Waals surface area (Å²) < 4.78 is 29.3. The van der Waals surface area contributed by atoms with Crippen molar-refractivity contribution in [2.24, 2.45) is 0 Å². The van der Waals surface area contributed by atoms with E-state index in [2.05, 4.69) is 0 Å². The summed E-state index contributed by atoms with van der Waals surface area (Å²) in [7, 11) is 35.7. The third kappa shape index (κ3) is 4.01. The first-order valence-corrected chi connectivity index (χ1v) is 11.3. The van der Waals surface area contributed by atoms with Crippen LogP contribution in [0.3, 0.4) is 0 Å². The number of fused-ring (bicyclic) bond motifs is 1. The van der Waals surface area contributed by atoms with Gasteiger partial charge >= 0.3 is 5.92 Å². The molecule has 1 fully saturated rings. The highest BCUT2D eigenvalue weighted by Crippen LogP contribution is 2.55. The molecule has 38 heavy (non-hydrogen) atoms. The van der Waals surface area contributed by atoms with Gasteiger partial charge in [0, 0.05) is 28.6 Å². The molecule has 4 amide bonds. The molecule has 2 aliphatic heterocycles. The van der Waals surface area contributed by atoms with Gasteiger partial charge in [0.25, 0.3) is 11.8 Å². The maximum absolute atomic E-state index is 14.6. The number of hydrogen-bond donors (Lipinski definition) is 2. The molecule has 0 spiro atoms. The Hall–Kier alpha value is -2.94. The van der Waals surface area contributed by atoms with Gasteiger partial charge in [-0.2, -0.15) is 8.78 Å². The molecule has 2 aromatic rings. The molecule has 1 unspecified atom stereocenters. The van der Waals surface area contributed by atoms with E-state index < -0.39 is 56.9 Å². The molecular weight excluding hydrogens is 509 g/mol. The lowest BCUT2D eigenvalue weighted by Gasteiger charge is -2.60. The molecule has 16 heteroatoms. The predicted molar refractivity (Wildman–Crippen MR) is 138 cm³/mol. The average Bonchev–Trinajstić information content (AvgIpc) is 3.18. The molecule has 0 aromatic heterocycles. The molecule has 2 atom stereocenters. The Morgan fingerprint density at radius 3 is 2.24 bits per heavy atom. The number of amides is 4. The van der Waals surface area contributed by atoms with E-state index in [9.17, 15) is 28.0 Å². The fourth-order valence-electron chi connectivity index (χ4n) is 4.26. The highest BCUT2D eigenvalue weighted by molar-refractivity contribution is 6.66. The molecule has 0 aliphatic carbocycles. The van der Waals surface area contributed by atoms with Crippen molar-refractivity contribution >= 4 is 82.3 Å². The van der Waals surface area contributed by atoms with Gasteiger partial charge < -0.3 is 10.2 Å². The first-order valence-electron chi connectivity index (χ1n) is 10.9. The Labute approximate surface area is 229 Å². The van der Waals surface area contributed by atoms with Crippen molar-refractivity contribution in [3.05, 3.63) is 69.7 Å². The summed E-state index contributed by atoms with van der Waals surface area (Å²) in [5, 5.41) is -1.05. The highest BCUT2D eigenvalue weighted by Gasteiger charge is 2.63. The van der Waals surface area contributed by atoms with E-state index in [1.165, 1.54) is 30.3 Å². The summed E-state index contributed by atoms with van der Waals surface area (Å²) >= 11 is 5.71. The lowest BCUT2D eigenvalue weighted by atomic mass is 9.21. The minimum absolute atomic E-state index is 0.0451. The van der Waals surface area contributed by atoms with E-state index in [0.29, 0.717) is 0 Å². The number of imide groups is 1. The van der Waals surface area contributed by atoms with Crippen molar-refractivity contribution in [3.63, 3.8) is 0 Å². The molecule has 0 saturated carbocycles. The number of nitrogens with zero attached hydrogens (tertiary/aromatic N) is 1. The summed E-state index contributed by atoms with van der Waals surface area (Å²) in [6.45, 7) is -0.367. The molecule has 2 aliphatic rings. The van der Waals surface area contributed by atoms with Crippen molar-refractivity contribution in [1.82, 2.24) is 15.5 Å². The molecule has 12 radical (unpaired) electrons. The summed E-state index contributed by atoms with van der Waals surface area (Å²) in [5.41, 5.74) is -2.73. The summed E-state index contributed by atoms with van der Waals surface area (Å²) in [6, 6.07) is 8.39. The van der Waals surface area contributed by atoms with Crippen molar-refractivity contribution in [2.75, 3.05) is 0 Å². The van der Waals surface area contributed by atoms with Gasteiger partial charge in [0.15, 0.2) is 0 Å². The van der Waals surface area contributed by atoms with Crippen molar-refractivity contribution in [2.45, 2.75) is 34.3 Å². The molecule has 2 heterocycles. The first-order chi connectivity index (χ1) is 17.5. The normalized spacial score (nSPS) is 22.9. The predicted octanol–water partition coefficient (Wildman–Crippen LogP) is -0.201. The molecule has 2 aromatic carbocycles. The molecule has 4 rings (SSSR count). The molecule has 0 bridgehead atoms. The van der Waals surface area contributed by atoms with Crippen LogP contribution in [0, 0.1) is 0 Å². The standard InChI is InChI=1S/C22H12B6ClF2N3O4/c23-14(32-16(36)19(30,31)11-2-4-12(29)5-3-11)9-1-6-13-10(7-9)8-34(15(13)35)21(26)18(38)33-17(37)20(24,25)22(21,27)28/h1-7,14H,8H2,(H,32,36)(H,33,37,38)/t14?,21-/m0/s1. The van der Waals surface area contributed by atoms with E-state index in [1.54, 1.807) is 0 Å². The topological polar surface area (TPSA) is 95.6 Å². The number of benzene rings is 2. The quantitative estimate of drug-likeness (QED) is 0.422. The second kappa shape index (κ2) is 9.07. The number of hydrogen-bond acceptors (Lipinski definition) is 4. The maximum atomic E-state index is 14.6. The van der Waals surface area contributed by atoms with Crippen molar-refractivity contribution < 1.29 is 28.0 Å². The second-order valence-electron chi connectivity index (χ2n) is 9.13. The van der Waals surface area contributed by atoms with Crippen molar-refractivity contribution in [1.29, 1.82) is 0 Å². The zero-order chi connectivity index (χ0) is 28.4. The van der Waals surface area contributed by atoms with Gasteiger partial charge in [0.1, 0.15) is 15.7 Å². The van der Waals surface area contributed by atoms with Crippen LogP contribution in [0.2, 0.25) is 15.5 Å². The summed E-state index contributed by atoms with van der Waals surface area (Å²) in [6.07, 6.45) is 0. The van der Waals surface area contributed by atoms with Gasteiger partial charge in [0.05, 0.1) is 36.8 Å². The molecule has 178 valence electrons. The molecule has 7 nitrogen and oxygen atoms in total. The molecule has 1 saturated heterocycles. The highest BCUT2D eigenvalue weighted by atomic mass is 35.5. The molecular formula is C22H12B6ClF2N3O4. The Kier molecular flexibility index (Phi) is 6.70. The third-order valence-electron chi connectivity index (χ3n) is 6.76. The van der Waals surface area contributed by atoms with E-state index >= 15 is 0 Å². The largest absolute Gasteiger partial charge is 0.352 e. The van der Waals surface area contributed by atoms with Gasteiger partial charge in [0.2, 0.25) is 11.8 Å². The number of alkyl halides is 2. The maximum Gasteiger partial charge on any atom is 0.349 e. The van der Waals surface area contributed by atoms with E-state index in [1.807, 2.05) is 10.6 Å². The van der Waals surface area contributed by atoms with E-state index in [0.717, 1.165) is 17.0 Å². The van der Waals surface area contributed by atoms with Crippen LogP contribution in [-0.2, 0) is 26.9 Å². The Morgan fingerprint density at radius 1 is 1.03 bits per heavy atom. The Balaban J connectivity index is 1.58. The van der Waals surface area contributed by atoms with Crippen LogP contribution in [0.15, 0.2) is 42.5 Å². The number of halogens is 3. The van der Waals surface area contributed by atoms with E-state index in [4.69, 9.17) is 58.7 Å². The van der Waals surface area contributed by atoms with Gasteiger partial charge in [-0.05, 0) is 34.5 Å². The Bertz CT molecular complexity index is 1380. The van der Waals surface area contributed by atoms with Crippen LogP contribution >= 0.6 is 11.6 Å². The van der Waals surface area contributed by atoms with Crippen LogP contribution in [0.4, 0.5) is 8.78 Å². The number of carbonyl (C=O) groups is 4. The van der Waals surface area contributed by atoms with Crippen LogP contribution in [0.1, 0.15) is 33.0 Å². The summed E-state index contributed by atoms with van der Waals surface area (Å²) in [5.74, 6) is -10.2. The smallest absolute Gasteiger partial charge is 0.349 e. The van der Waals surface area contributed by atoms with Crippen LogP contribution in [0.25, 0.3) is 0 Å². The summed E-state index contributed by atoms with van der Waals surface area (Å²) in [4.78, 5) is 51.2. The monoisotopic (exact) mass is 521 g/mol. The van der Waals surface area contributed by atoms with Gasteiger partial charge in [-0.25, -0.2) is 0 Å². The first kappa shape index (κ1) is 28.1. The number of carbonyl (C=O) groups excluding carboxylic acids is 4. The lowest BCUT2D eigenvalue weighted by molar-refractivity contribution is -0.147. The zero-order valence-electron chi connectivity index (χ0n) is 19.5. The Morgan fingerprint density at radius 2 is 1.63 bits per heavy atom. The van der Waals surface area contributed by atoms with Gasteiger partial charge in [-0.15, -0.1) is 0 Å². The van der Waals surface area contributed by atoms with Crippen LogP contribution in [-0.4, -0.2) is 81.0 Å². The number of rotatable bonds is 5. The minimum Gasteiger partial charge on any atom is -0.352 e. The number of nitrogens with one attached hydrogen (secondary N) is 2. The third-order valence-corrected chi connectivity index (χ3v) is 7.01. The number of piperidine rings is 1. The minimum atomic E-state index is -3.92.